The summed E-state index contributed by atoms with van der Waals surface area (Å²) in [5.41, 5.74) is -1.44. The number of likely N-dealkylation sites (tertiary alicyclic amines) is 1. The van der Waals surface area contributed by atoms with Gasteiger partial charge in [0, 0.05) is 12.6 Å². The Labute approximate surface area is 293 Å². The molecule has 4 fully saturated rings. The second-order valence-electron chi connectivity index (χ2n) is 16.9. The van der Waals surface area contributed by atoms with Crippen LogP contribution in [0.25, 0.3) is 0 Å². The molecule has 278 valence electrons. The molecule has 13 heteroatoms. The van der Waals surface area contributed by atoms with Crippen molar-refractivity contribution < 1.29 is 32.4 Å². The summed E-state index contributed by atoms with van der Waals surface area (Å²) >= 11 is 0. The molecular weight excluding hydrogens is 646 g/mol. The first-order valence-electron chi connectivity index (χ1n) is 18.6. The van der Waals surface area contributed by atoms with Crippen LogP contribution in [-0.2, 0) is 29.0 Å². The maximum atomic E-state index is 14.5. The molecule has 0 aromatic heterocycles. The van der Waals surface area contributed by atoms with Gasteiger partial charge in [-0.2, -0.15) is 0 Å². The lowest BCUT2D eigenvalue weighted by Crippen LogP contribution is -2.63. The first-order chi connectivity index (χ1) is 22.8. The number of nitrogens with zero attached hydrogens (tertiary/aromatic N) is 1. The molecule has 0 spiro atoms. The Morgan fingerprint density at radius 2 is 1.55 bits per heavy atom. The van der Waals surface area contributed by atoms with E-state index in [1.807, 2.05) is 27.7 Å². The van der Waals surface area contributed by atoms with Crippen LogP contribution >= 0.6 is 0 Å². The zero-order valence-corrected chi connectivity index (χ0v) is 31.6. The quantitative estimate of drug-likeness (QED) is 0.188. The Kier molecular flexibility index (Phi) is 12.2. The van der Waals surface area contributed by atoms with Crippen molar-refractivity contribution in [3.63, 3.8) is 0 Å². The highest BCUT2D eigenvalue weighted by Gasteiger charge is 2.54. The molecule has 4 N–H and O–H groups in total. The van der Waals surface area contributed by atoms with Gasteiger partial charge in [0.15, 0.2) is 9.84 Å². The van der Waals surface area contributed by atoms with Crippen molar-refractivity contribution in [2.45, 2.75) is 166 Å². The van der Waals surface area contributed by atoms with Gasteiger partial charge in [-0.3, -0.25) is 19.2 Å². The van der Waals surface area contributed by atoms with Gasteiger partial charge in [-0.25, -0.2) is 13.2 Å². The van der Waals surface area contributed by atoms with Crippen molar-refractivity contribution >= 4 is 39.4 Å². The van der Waals surface area contributed by atoms with Gasteiger partial charge in [0.05, 0.1) is 22.1 Å². The zero-order chi connectivity index (χ0) is 36.4. The third-order valence-electron chi connectivity index (χ3n) is 11.3. The molecule has 3 aliphatic carbocycles. The molecule has 5 amide bonds. The predicted octanol–water partition coefficient (Wildman–Crippen LogP) is 3.77. The minimum Gasteiger partial charge on any atom is -0.347 e. The fourth-order valence-corrected chi connectivity index (χ4v) is 8.90. The fourth-order valence-electron chi connectivity index (χ4n) is 7.38. The molecule has 0 radical (unpaired) electrons. The van der Waals surface area contributed by atoms with Gasteiger partial charge in [0.2, 0.25) is 17.6 Å². The number of hydrogen-bond donors (Lipinski definition) is 4. The number of urea groups is 1. The number of nitrogens with one attached hydrogen (secondary N) is 4. The lowest BCUT2D eigenvalue weighted by Gasteiger charge is -2.40. The van der Waals surface area contributed by atoms with Crippen LogP contribution in [-0.4, -0.2) is 89.6 Å². The van der Waals surface area contributed by atoms with Crippen LogP contribution < -0.4 is 21.3 Å². The van der Waals surface area contributed by atoms with Crippen LogP contribution in [0.15, 0.2) is 0 Å². The summed E-state index contributed by atoms with van der Waals surface area (Å²) in [6.07, 6.45) is 9.07. The van der Waals surface area contributed by atoms with Crippen molar-refractivity contribution in [1.29, 1.82) is 0 Å². The number of ketones is 1. The number of carbonyl (C=O) groups is 5. The molecule has 4 aliphatic rings. The molecule has 12 nitrogen and oxygen atoms in total. The number of carbonyl (C=O) groups excluding carboxylic acids is 5. The zero-order valence-electron chi connectivity index (χ0n) is 30.8. The molecule has 4 atom stereocenters. The van der Waals surface area contributed by atoms with E-state index in [4.69, 9.17) is 0 Å². The van der Waals surface area contributed by atoms with E-state index >= 15 is 0 Å². The lowest BCUT2D eigenvalue weighted by molar-refractivity contribution is -0.144. The average Bonchev–Trinajstić information content (AvgIpc) is 3.94. The van der Waals surface area contributed by atoms with Gasteiger partial charge in [-0.1, -0.05) is 59.8 Å². The van der Waals surface area contributed by atoms with Gasteiger partial charge in [0.25, 0.3) is 5.91 Å². The van der Waals surface area contributed by atoms with E-state index in [9.17, 15) is 32.4 Å². The van der Waals surface area contributed by atoms with E-state index in [1.54, 1.807) is 25.7 Å². The molecule has 1 heterocycles. The van der Waals surface area contributed by atoms with Crippen LogP contribution in [0, 0.1) is 17.3 Å². The highest BCUT2D eigenvalue weighted by molar-refractivity contribution is 7.92. The standard InChI is InChI=1S/C36H61N5O7S/c1-8-9-13-26(28(42)31(44)37-24-14-15-24)38-30(43)27-25(23(2)3)16-21-41(27)32(45)29(35(7)19-20-35)39-33(46)40-36(17-11-10-12-18-36)22-49(47,48)34(4,5)6/h23-27,29H,8-22H2,1-7H3,(H,37,44)(H,38,43)(H2,39,40,46)/t25?,26-,27-,29+/m0/s1. The third-order valence-corrected chi connectivity index (χ3v) is 14.1. The predicted molar refractivity (Wildman–Crippen MR) is 188 cm³/mol. The summed E-state index contributed by atoms with van der Waals surface area (Å²) in [5, 5.41) is 11.6. The minimum absolute atomic E-state index is 0.00792. The van der Waals surface area contributed by atoms with Gasteiger partial charge < -0.3 is 26.2 Å². The topological polar surface area (TPSA) is 171 Å². The minimum atomic E-state index is -3.55. The Balaban J connectivity index is 1.54. The molecule has 0 aromatic carbocycles. The molecule has 4 rings (SSSR count). The van der Waals surface area contributed by atoms with E-state index in [1.165, 1.54) is 0 Å². The maximum absolute atomic E-state index is 14.5. The van der Waals surface area contributed by atoms with Crippen LogP contribution in [0.2, 0.25) is 0 Å². The largest absolute Gasteiger partial charge is 0.347 e. The van der Waals surface area contributed by atoms with Crippen LogP contribution in [0.4, 0.5) is 4.79 Å². The SMILES string of the molecule is CCCC[C@H](NC(=O)[C@@H]1C(C(C)C)CCN1C(=O)[C@@H](NC(=O)NC1(CS(=O)(=O)C(C)(C)C)CCCCC1)C1(C)CC1)C(=O)C(=O)NC1CC1. The van der Waals surface area contributed by atoms with E-state index in [2.05, 4.69) is 21.3 Å². The molecule has 1 aliphatic heterocycles. The molecule has 1 unspecified atom stereocenters. The molecule has 3 saturated carbocycles. The summed E-state index contributed by atoms with van der Waals surface area (Å²) in [4.78, 5) is 69.8. The molecule has 0 bridgehead atoms. The Morgan fingerprint density at radius 1 is 0.918 bits per heavy atom. The lowest BCUT2D eigenvalue weighted by atomic mass is 9.83. The Bertz CT molecular complexity index is 1360. The summed E-state index contributed by atoms with van der Waals surface area (Å²) in [6, 6.07) is -3.35. The normalized spacial score (nSPS) is 24.4. The van der Waals surface area contributed by atoms with Crippen molar-refractivity contribution in [3.8, 4) is 0 Å². The third kappa shape index (κ3) is 9.55. The number of sulfone groups is 1. The highest BCUT2D eigenvalue weighted by Crippen LogP contribution is 2.49. The molecule has 1 saturated heterocycles. The Hall–Kier alpha value is -2.70. The van der Waals surface area contributed by atoms with Gasteiger partial charge in [-0.15, -0.1) is 0 Å². The monoisotopic (exact) mass is 707 g/mol. The number of unbranched alkanes of at least 4 members (excludes halogenated alkanes) is 1. The smallest absolute Gasteiger partial charge is 0.315 e. The highest BCUT2D eigenvalue weighted by atomic mass is 32.2. The van der Waals surface area contributed by atoms with Crippen LogP contribution in [0.1, 0.15) is 132 Å². The van der Waals surface area contributed by atoms with Gasteiger partial charge in [0.1, 0.15) is 12.1 Å². The van der Waals surface area contributed by atoms with Gasteiger partial charge in [-0.05, 0) is 89.4 Å². The van der Waals surface area contributed by atoms with E-state index in [0.717, 1.165) is 51.4 Å². The van der Waals surface area contributed by atoms with Crippen molar-refractivity contribution in [2.75, 3.05) is 12.3 Å². The summed E-state index contributed by atoms with van der Waals surface area (Å²) < 4.78 is 25.7. The first kappa shape index (κ1) is 39.1. The summed E-state index contributed by atoms with van der Waals surface area (Å²) in [6.45, 7) is 13.2. The summed E-state index contributed by atoms with van der Waals surface area (Å²) in [7, 11) is -3.55. The number of hydrogen-bond acceptors (Lipinski definition) is 7. The fraction of sp³-hybridized carbons (Fsp3) is 0.861. The van der Waals surface area contributed by atoms with Crippen molar-refractivity contribution in [1.82, 2.24) is 26.2 Å². The van der Waals surface area contributed by atoms with E-state index in [-0.39, 0.29) is 29.5 Å². The van der Waals surface area contributed by atoms with Crippen LogP contribution in [0.3, 0.4) is 0 Å². The second-order valence-corrected chi connectivity index (χ2v) is 19.6. The van der Waals surface area contributed by atoms with E-state index in [0.29, 0.717) is 38.6 Å². The number of rotatable bonds is 15. The maximum Gasteiger partial charge on any atom is 0.315 e. The molecule has 0 aromatic rings. The van der Waals surface area contributed by atoms with Crippen molar-refractivity contribution in [2.24, 2.45) is 17.3 Å². The Morgan fingerprint density at radius 3 is 2.08 bits per heavy atom. The number of Topliss-reactive ketones (excluding diaryl/α,β-unsaturated/α-hetero) is 1. The molecule has 49 heavy (non-hydrogen) atoms. The van der Waals surface area contributed by atoms with Gasteiger partial charge >= 0.3 is 6.03 Å². The average molecular weight is 708 g/mol. The van der Waals surface area contributed by atoms with Crippen molar-refractivity contribution in [3.05, 3.63) is 0 Å². The van der Waals surface area contributed by atoms with E-state index < -0.39 is 67.3 Å². The molecular formula is C36H61N5O7S. The summed E-state index contributed by atoms with van der Waals surface area (Å²) in [5.74, 6) is -2.48. The first-order valence-corrected chi connectivity index (χ1v) is 20.2. The number of amides is 5. The van der Waals surface area contributed by atoms with Crippen LogP contribution in [0.5, 0.6) is 0 Å². The second kappa shape index (κ2) is 15.3.